The minimum Gasteiger partial charge on any atom is -0.468 e. The highest BCUT2D eigenvalue weighted by atomic mass is 32.2. The lowest BCUT2D eigenvalue weighted by Gasteiger charge is -2.18. The molecule has 0 fully saturated rings. The second kappa shape index (κ2) is 10.2. The monoisotopic (exact) mass is 477 g/mol. The number of anilines is 2. The molecule has 0 aliphatic rings. The number of nitrogens with one attached hydrogen (secondary N) is 1. The fraction of sp³-hybridized carbons (Fsp3) is 0.278. The van der Waals surface area contributed by atoms with Crippen molar-refractivity contribution in [1.29, 1.82) is 0 Å². The van der Waals surface area contributed by atoms with Gasteiger partial charge in [0.15, 0.2) is 10.3 Å². The molecule has 1 unspecified atom stereocenters. The number of nitro benzene ring substituents is 1. The van der Waals surface area contributed by atoms with Gasteiger partial charge in [-0.15, -0.1) is 21.5 Å². The second-order valence-electron chi connectivity index (χ2n) is 6.33. The maximum Gasteiger partial charge on any atom is 0.316 e. The van der Waals surface area contributed by atoms with Crippen LogP contribution in [0.3, 0.4) is 0 Å². The molecule has 0 aliphatic carbocycles. The predicted molar refractivity (Wildman–Crippen MR) is 119 cm³/mol. The number of nitrogens with two attached hydrogens (primary N) is 1. The number of amides is 1. The highest BCUT2D eigenvalue weighted by molar-refractivity contribution is 7.99. The number of hydrogen-bond donors (Lipinski definition) is 2. The number of hydrogen-bond acceptors (Lipinski definition) is 11. The first-order valence-electron chi connectivity index (χ1n) is 9.25. The van der Waals surface area contributed by atoms with Crippen LogP contribution in [-0.2, 0) is 14.3 Å². The van der Waals surface area contributed by atoms with Gasteiger partial charge in [-0.05, 0) is 6.42 Å². The number of ether oxygens (including phenoxy) is 1. The summed E-state index contributed by atoms with van der Waals surface area (Å²) in [6, 6.07) is 5.34. The molecule has 2 aromatic heterocycles. The van der Waals surface area contributed by atoms with Crippen LogP contribution in [0.2, 0.25) is 0 Å². The Morgan fingerprint density at radius 2 is 2.19 bits per heavy atom. The number of nitrogens with zero attached hydrogens (tertiary/aromatic N) is 5. The average Bonchev–Trinajstić information content (AvgIpc) is 3.40. The van der Waals surface area contributed by atoms with Gasteiger partial charge in [0.2, 0.25) is 11.9 Å². The van der Waals surface area contributed by atoms with Crippen molar-refractivity contribution in [1.82, 2.24) is 19.7 Å². The summed E-state index contributed by atoms with van der Waals surface area (Å²) in [7, 11) is 1.28. The van der Waals surface area contributed by atoms with Gasteiger partial charge in [-0.25, -0.2) is 4.98 Å². The number of thiazole rings is 1. The molecule has 0 saturated heterocycles. The van der Waals surface area contributed by atoms with Crippen LogP contribution in [0.15, 0.2) is 34.8 Å². The van der Waals surface area contributed by atoms with E-state index in [2.05, 4.69) is 25.2 Å². The van der Waals surface area contributed by atoms with E-state index in [9.17, 15) is 19.7 Å². The zero-order chi connectivity index (χ0) is 23.3. The maximum atomic E-state index is 13.0. The first-order chi connectivity index (χ1) is 15.3. The Labute approximate surface area is 190 Å². The summed E-state index contributed by atoms with van der Waals surface area (Å²) in [5.74, 6) is -0.808. The molecule has 14 heteroatoms. The lowest BCUT2D eigenvalue weighted by atomic mass is 10.1. The van der Waals surface area contributed by atoms with Crippen molar-refractivity contribution in [2.24, 2.45) is 0 Å². The smallest absolute Gasteiger partial charge is 0.316 e. The molecule has 0 saturated carbocycles. The van der Waals surface area contributed by atoms with E-state index in [0.717, 1.165) is 11.8 Å². The minimum absolute atomic E-state index is 0.00820. The lowest BCUT2D eigenvalue weighted by Crippen LogP contribution is -2.27. The number of aromatic nitrogens is 4. The number of rotatable bonds is 9. The van der Waals surface area contributed by atoms with E-state index in [1.165, 1.54) is 35.1 Å². The van der Waals surface area contributed by atoms with E-state index in [4.69, 9.17) is 5.73 Å². The van der Waals surface area contributed by atoms with Crippen molar-refractivity contribution < 1.29 is 19.2 Å². The summed E-state index contributed by atoms with van der Waals surface area (Å²) in [6.45, 7) is 1.80. The van der Waals surface area contributed by atoms with Crippen LogP contribution >= 0.6 is 23.1 Å². The Hall–Kier alpha value is -3.52. The zero-order valence-corrected chi connectivity index (χ0v) is 18.7. The fourth-order valence-electron chi connectivity index (χ4n) is 2.78. The maximum absolute atomic E-state index is 13.0. The number of benzene rings is 1. The van der Waals surface area contributed by atoms with Gasteiger partial charge in [0.25, 0.3) is 5.69 Å². The number of thioether (sulfide) groups is 1. The third kappa shape index (κ3) is 5.20. The normalized spacial score (nSPS) is 11.7. The van der Waals surface area contributed by atoms with E-state index in [0.29, 0.717) is 28.0 Å². The number of carbonyl (C=O) groups is 2. The largest absolute Gasteiger partial charge is 0.468 e. The summed E-state index contributed by atoms with van der Waals surface area (Å²) in [4.78, 5) is 39.3. The van der Waals surface area contributed by atoms with Crippen LogP contribution in [0.1, 0.15) is 19.4 Å². The van der Waals surface area contributed by atoms with Gasteiger partial charge in [-0.2, -0.15) is 0 Å². The van der Waals surface area contributed by atoms with Crippen molar-refractivity contribution in [2.45, 2.75) is 24.5 Å². The molecule has 2 heterocycles. The van der Waals surface area contributed by atoms with Gasteiger partial charge in [0.05, 0.1) is 23.5 Å². The Bertz CT molecular complexity index is 1150. The highest BCUT2D eigenvalue weighted by Crippen LogP contribution is 2.29. The van der Waals surface area contributed by atoms with Crippen molar-refractivity contribution in [3.63, 3.8) is 0 Å². The number of carbonyl (C=O) groups excluding carboxylic acids is 2. The summed E-state index contributed by atoms with van der Waals surface area (Å²) >= 11 is 2.25. The number of nitro groups is 1. The molecular weight excluding hydrogens is 458 g/mol. The van der Waals surface area contributed by atoms with E-state index in [1.807, 2.05) is 0 Å². The Morgan fingerprint density at radius 3 is 2.88 bits per heavy atom. The average molecular weight is 478 g/mol. The van der Waals surface area contributed by atoms with Crippen LogP contribution < -0.4 is 11.1 Å². The summed E-state index contributed by atoms with van der Waals surface area (Å²) in [6.07, 6.45) is 0.378. The molecule has 0 spiro atoms. The highest BCUT2D eigenvalue weighted by Gasteiger charge is 2.26. The topological polar surface area (TPSA) is 168 Å². The van der Waals surface area contributed by atoms with Gasteiger partial charge in [0.1, 0.15) is 6.04 Å². The van der Waals surface area contributed by atoms with Gasteiger partial charge in [-0.1, -0.05) is 30.8 Å². The minimum atomic E-state index is -0.740. The molecule has 168 valence electrons. The van der Waals surface area contributed by atoms with Crippen LogP contribution in [0.5, 0.6) is 0 Å². The van der Waals surface area contributed by atoms with Crippen molar-refractivity contribution in [3.05, 3.63) is 39.8 Å². The standard InChI is InChI=1S/C18H19N7O5S2/c1-3-13(24-16(19)22-23-18(24)32-9-14(26)30-2)15(27)21-17-20-12(8-31-17)10-5-4-6-11(7-10)25(28)29/h4-8,13H,3,9H2,1-2H3,(H2,19,22)(H,20,21,27). The van der Waals surface area contributed by atoms with Crippen molar-refractivity contribution in [3.8, 4) is 11.3 Å². The molecule has 3 rings (SSSR count). The van der Waals surface area contributed by atoms with Crippen LogP contribution in [0, 0.1) is 10.1 Å². The first kappa shape index (κ1) is 23.1. The number of methoxy groups -OCH3 is 1. The molecule has 1 aromatic carbocycles. The second-order valence-corrected chi connectivity index (χ2v) is 8.13. The van der Waals surface area contributed by atoms with Crippen molar-refractivity contribution in [2.75, 3.05) is 23.9 Å². The van der Waals surface area contributed by atoms with Crippen molar-refractivity contribution >= 4 is 51.7 Å². The van der Waals surface area contributed by atoms with Gasteiger partial charge >= 0.3 is 5.97 Å². The van der Waals surface area contributed by atoms with Crippen LogP contribution in [0.25, 0.3) is 11.3 Å². The van der Waals surface area contributed by atoms with Gasteiger partial charge in [-0.3, -0.25) is 24.3 Å². The van der Waals surface area contributed by atoms with E-state index >= 15 is 0 Å². The molecule has 1 amide bonds. The van der Waals surface area contributed by atoms with Crippen LogP contribution in [-0.4, -0.2) is 49.4 Å². The number of non-ortho nitro benzene ring substituents is 1. The SMILES string of the molecule is CCC(C(=O)Nc1nc(-c2cccc([N+](=O)[O-])c2)cs1)n1c(N)nnc1SCC(=O)OC. The zero-order valence-electron chi connectivity index (χ0n) is 17.0. The first-order valence-corrected chi connectivity index (χ1v) is 11.1. The van der Waals surface area contributed by atoms with E-state index in [1.54, 1.807) is 24.4 Å². The third-order valence-corrected chi connectivity index (χ3v) is 6.00. The number of nitrogen functional groups attached to an aromatic ring is 1. The summed E-state index contributed by atoms with van der Waals surface area (Å²) in [5, 5.41) is 23.8. The summed E-state index contributed by atoms with van der Waals surface area (Å²) in [5.41, 5.74) is 6.93. The molecule has 3 N–H and O–H groups in total. The molecule has 0 radical (unpaired) electrons. The Balaban J connectivity index is 1.77. The lowest BCUT2D eigenvalue weighted by molar-refractivity contribution is -0.384. The quantitative estimate of drug-likeness (QED) is 0.202. The molecule has 0 bridgehead atoms. The molecule has 3 aromatic rings. The molecule has 0 aliphatic heterocycles. The molecule has 32 heavy (non-hydrogen) atoms. The predicted octanol–water partition coefficient (Wildman–Crippen LogP) is 2.75. The van der Waals surface area contributed by atoms with E-state index < -0.39 is 16.9 Å². The fourth-order valence-corrected chi connectivity index (χ4v) is 4.32. The number of esters is 1. The van der Waals surface area contributed by atoms with Crippen LogP contribution in [0.4, 0.5) is 16.8 Å². The Kier molecular flexibility index (Phi) is 7.37. The molecule has 1 atom stereocenters. The van der Waals surface area contributed by atoms with E-state index in [-0.39, 0.29) is 23.3 Å². The van der Waals surface area contributed by atoms with Gasteiger partial charge in [0, 0.05) is 23.1 Å². The van der Waals surface area contributed by atoms with Gasteiger partial charge < -0.3 is 15.8 Å². The Morgan fingerprint density at radius 1 is 1.41 bits per heavy atom. The molecular formula is C18H19N7O5S2. The molecule has 12 nitrogen and oxygen atoms in total. The third-order valence-electron chi connectivity index (χ3n) is 4.33. The summed E-state index contributed by atoms with van der Waals surface area (Å²) < 4.78 is 6.08.